The maximum atomic E-state index is 11.9. The summed E-state index contributed by atoms with van der Waals surface area (Å²) in [6, 6.07) is 0.237. The minimum atomic E-state index is 0.184. The molecule has 0 aromatic heterocycles. The summed E-state index contributed by atoms with van der Waals surface area (Å²) in [5.74, 6) is 0.883. The number of amides is 1. The van der Waals surface area contributed by atoms with Crippen molar-refractivity contribution in [2.75, 3.05) is 13.2 Å². The molecule has 1 saturated heterocycles. The van der Waals surface area contributed by atoms with E-state index in [4.69, 9.17) is 4.74 Å². The van der Waals surface area contributed by atoms with Crippen molar-refractivity contribution >= 4 is 5.91 Å². The van der Waals surface area contributed by atoms with E-state index in [0.29, 0.717) is 18.9 Å². The molecule has 0 aliphatic carbocycles. The van der Waals surface area contributed by atoms with Crippen LogP contribution in [0, 0.1) is 5.92 Å². The van der Waals surface area contributed by atoms with Crippen LogP contribution in [0.4, 0.5) is 0 Å². The molecule has 1 aliphatic rings. The molecule has 3 nitrogen and oxygen atoms in total. The van der Waals surface area contributed by atoms with Gasteiger partial charge in [0, 0.05) is 13.0 Å². The van der Waals surface area contributed by atoms with Gasteiger partial charge in [0.1, 0.15) is 0 Å². The van der Waals surface area contributed by atoms with Crippen molar-refractivity contribution in [3.05, 3.63) is 0 Å². The number of rotatable bonds is 3. The van der Waals surface area contributed by atoms with Crippen LogP contribution in [0.2, 0.25) is 0 Å². The molecule has 2 unspecified atom stereocenters. The fraction of sp³-hybridized carbons (Fsp3) is 0.917. The van der Waals surface area contributed by atoms with Gasteiger partial charge in [-0.15, -0.1) is 0 Å². The van der Waals surface area contributed by atoms with Crippen LogP contribution in [0.15, 0.2) is 0 Å². The third-order valence-electron chi connectivity index (χ3n) is 2.86. The lowest BCUT2D eigenvalue weighted by Gasteiger charge is -2.37. The quantitative estimate of drug-likeness (QED) is 0.718. The lowest BCUT2D eigenvalue weighted by atomic mass is 10.1. The highest BCUT2D eigenvalue weighted by Gasteiger charge is 2.26. The fourth-order valence-electron chi connectivity index (χ4n) is 1.81. The van der Waals surface area contributed by atoms with E-state index in [1.54, 1.807) is 0 Å². The molecule has 3 heteroatoms. The van der Waals surface area contributed by atoms with E-state index in [9.17, 15) is 4.79 Å². The fourth-order valence-corrected chi connectivity index (χ4v) is 1.81. The predicted molar refractivity (Wildman–Crippen MR) is 60.7 cm³/mol. The Morgan fingerprint density at radius 3 is 2.73 bits per heavy atom. The average Bonchev–Trinajstić information content (AvgIpc) is 2.18. The minimum absolute atomic E-state index is 0.184. The van der Waals surface area contributed by atoms with Crippen LogP contribution in [-0.2, 0) is 9.53 Å². The van der Waals surface area contributed by atoms with Crippen molar-refractivity contribution in [1.29, 1.82) is 0 Å². The molecule has 0 spiro atoms. The molecular formula is C12H23NO2. The minimum Gasteiger partial charge on any atom is -0.375 e. The molecule has 2 atom stereocenters. The maximum Gasteiger partial charge on any atom is 0.222 e. The third-order valence-corrected chi connectivity index (χ3v) is 2.86. The van der Waals surface area contributed by atoms with Crippen LogP contribution in [0.5, 0.6) is 0 Å². The van der Waals surface area contributed by atoms with Crippen LogP contribution < -0.4 is 0 Å². The van der Waals surface area contributed by atoms with E-state index in [0.717, 1.165) is 13.0 Å². The number of hydrogen-bond donors (Lipinski definition) is 0. The summed E-state index contributed by atoms with van der Waals surface area (Å²) in [6.07, 6.45) is 1.84. The Morgan fingerprint density at radius 1 is 1.47 bits per heavy atom. The first-order valence-corrected chi connectivity index (χ1v) is 5.91. The monoisotopic (exact) mass is 213 g/mol. The summed E-state index contributed by atoms with van der Waals surface area (Å²) in [6.45, 7) is 9.80. The van der Waals surface area contributed by atoms with Crippen molar-refractivity contribution in [2.45, 2.75) is 52.7 Å². The second-order valence-corrected chi connectivity index (χ2v) is 4.97. The van der Waals surface area contributed by atoms with Gasteiger partial charge in [0.25, 0.3) is 0 Å². The Hall–Kier alpha value is -0.570. The van der Waals surface area contributed by atoms with Gasteiger partial charge in [0.15, 0.2) is 0 Å². The third kappa shape index (κ3) is 3.82. The van der Waals surface area contributed by atoms with Crippen molar-refractivity contribution in [3.8, 4) is 0 Å². The standard InChI is InChI=1S/C12H23NO2/c1-9(2)5-6-12(14)13-7-11(4)15-8-10(13)3/h9-11H,5-8H2,1-4H3. The number of hydrogen-bond acceptors (Lipinski definition) is 2. The first-order valence-electron chi connectivity index (χ1n) is 5.91. The largest absolute Gasteiger partial charge is 0.375 e. The number of morpholine rings is 1. The SMILES string of the molecule is CC(C)CCC(=O)N1CC(C)OCC1C. The lowest BCUT2D eigenvalue weighted by molar-refractivity contribution is -0.143. The second kappa shape index (κ2) is 5.50. The summed E-state index contributed by atoms with van der Waals surface area (Å²) >= 11 is 0. The Labute approximate surface area is 92.8 Å². The van der Waals surface area contributed by atoms with Gasteiger partial charge in [0.2, 0.25) is 5.91 Å². The molecule has 1 heterocycles. The number of nitrogens with zero attached hydrogens (tertiary/aromatic N) is 1. The van der Waals surface area contributed by atoms with Gasteiger partial charge in [-0.2, -0.15) is 0 Å². The van der Waals surface area contributed by atoms with Crippen molar-refractivity contribution in [3.63, 3.8) is 0 Å². The highest BCUT2D eigenvalue weighted by atomic mass is 16.5. The van der Waals surface area contributed by atoms with Crippen LogP contribution in [-0.4, -0.2) is 36.1 Å². The molecule has 0 bridgehead atoms. The van der Waals surface area contributed by atoms with Crippen molar-refractivity contribution < 1.29 is 9.53 Å². The van der Waals surface area contributed by atoms with E-state index < -0.39 is 0 Å². The van der Waals surface area contributed by atoms with Crippen LogP contribution in [0.25, 0.3) is 0 Å². The Balaban J connectivity index is 2.42. The average molecular weight is 213 g/mol. The van der Waals surface area contributed by atoms with E-state index in [-0.39, 0.29) is 18.1 Å². The van der Waals surface area contributed by atoms with Gasteiger partial charge in [0.05, 0.1) is 18.8 Å². The molecule has 1 rings (SSSR count). The van der Waals surface area contributed by atoms with Crippen LogP contribution in [0.3, 0.4) is 0 Å². The first-order chi connectivity index (χ1) is 7.00. The molecule has 0 N–H and O–H groups in total. The predicted octanol–water partition coefficient (Wildman–Crippen LogP) is 2.06. The van der Waals surface area contributed by atoms with Gasteiger partial charge in [-0.05, 0) is 26.2 Å². The number of carbonyl (C=O) groups is 1. The molecule has 1 aliphatic heterocycles. The summed E-state index contributed by atoms with van der Waals surface area (Å²) in [5.41, 5.74) is 0. The van der Waals surface area contributed by atoms with E-state index >= 15 is 0 Å². The van der Waals surface area contributed by atoms with Crippen LogP contribution >= 0.6 is 0 Å². The first kappa shape index (κ1) is 12.5. The Bertz CT molecular complexity index is 216. The summed E-state index contributed by atoms with van der Waals surface area (Å²) in [5, 5.41) is 0. The lowest BCUT2D eigenvalue weighted by Crippen LogP contribution is -2.50. The van der Waals surface area contributed by atoms with Crippen LogP contribution in [0.1, 0.15) is 40.5 Å². The number of ether oxygens (including phenoxy) is 1. The normalized spacial score (nSPS) is 27.1. The molecule has 0 aromatic carbocycles. The molecular weight excluding hydrogens is 190 g/mol. The molecule has 0 aromatic rings. The Kier molecular flexibility index (Phi) is 4.58. The molecule has 0 saturated carbocycles. The Morgan fingerprint density at radius 2 is 2.13 bits per heavy atom. The zero-order valence-electron chi connectivity index (χ0n) is 10.3. The highest BCUT2D eigenvalue weighted by molar-refractivity contribution is 5.76. The molecule has 1 fully saturated rings. The number of carbonyl (C=O) groups excluding carboxylic acids is 1. The molecule has 0 radical (unpaired) electrons. The highest BCUT2D eigenvalue weighted by Crippen LogP contribution is 2.14. The zero-order valence-corrected chi connectivity index (χ0v) is 10.3. The summed E-state index contributed by atoms with van der Waals surface area (Å²) in [4.78, 5) is 13.9. The summed E-state index contributed by atoms with van der Waals surface area (Å²) in [7, 11) is 0. The summed E-state index contributed by atoms with van der Waals surface area (Å²) < 4.78 is 5.50. The smallest absolute Gasteiger partial charge is 0.222 e. The van der Waals surface area contributed by atoms with E-state index in [1.807, 2.05) is 11.8 Å². The maximum absolute atomic E-state index is 11.9. The van der Waals surface area contributed by atoms with E-state index in [1.165, 1.54) is 0 Å². The van der Waals surface area contributed by atoms with Crippen molar-refractivity contribution in [2.24, 2.45) is 5.92 Å². The zero-order chi connectivity index (χ0) is 11.4. The van der Waals surface area contributed by atoms with Gasteiger partial charge in [-0.25, -0.2) is 0 Å². The van der Waals surface area contributed by atoms with Gasteiger partial charge in [-0.1, -0.05) is 13.8 Å². The molecule has 15 heavy (non-hydrogen) atoms. The van der Waals surface area contributed by atoms with Gasteiger partial charge in [-0.3, -0.25) is 4.79 Å². The van der Waals surface area contributed by atoms with Gasteiger partial charge < -0.3 is 9.64 Å². The second-order valence-electron chi connectivity index (χ2n) is 4.97. The molecule has 1 amide bonds. The van der Waals surface area contributed by atoms with Gasteiger partial charge >= 0.3 is 0 Å². The van der Waals surface area contributed by atoms with Crippen molar-refractivity contribution in [1.82, 2.24) is 4.90 Å². The molecule has 88 valence electrons. The topological polar surface area (TPSA) is 29.5 Å². The van der Waals surface area contributed by atoms with E-state index in [2.05, 4.69) is 20.8 Å².